The fraction of sp³-hybridized carbons (Fsp3) is 0.850. The third-order valence-electron chi connectivity index (χ3n) is 15.7. The molecule has 7 aliphatic rings. The lowest BCUT2D eigenvalue weighted by Crippen LogP contribution is -2.72. The van der Waals surface area contributed by atoms with Crippen LogP contribution in [0.15, 0.2) is 22.8 Å². The van der Waals surface area contributed by atoms with Crippen molar-refractivity contribution in [2.24, 2.45) is 22.7 Å². The minimum atomic E-state index is -1.90. The molecule has 17 heteroatoms. The van der Waals surface area contributed by atoms with Gasteiger partial charge in [-0.05, 0) is 78.1 Å². The molecular formula is C40H60O17. The number of hydrogen-bond donors (Lipinski definition) is 10. The van der Waals surface area contributed by atoms with Gasteiger partial charge in [-0.1, -0.05) is 24.1 Å². The van der Waals surface area contributed by atoms with Crippen LogP contribution in [-0.4, -0.2) is 166 Å². The number of Topliss-reactive ketones (excluding diaryl/α,β-unsaturated/α-hetero) is 1. The normalized spacial score (nSPS) is 51.3. The third kappa shape index (κ3) is 6.25. The molecule has 0 bridgehead atoms. The molecule has 5 fully saturated rings. The van der Waals surface area contributed by atoms with E-state index in [0.717, 1.165) is 11.1 Å². The molecule has 10 N–H and O–H groups in total. The van der Waals surface area contributed by atoms with Gasteiger partial charge in [0.25, 0.3) is 0 Å². The third-order valence-corrected chi connectivity index (χ3v) is 15.7. The molecule has 19 atom stereocenters. The first-order valence-electron chi connectivity index (χ1n) is 20.1. The maximum Gasteiger partial charge on any atom is 0.334 e. The Kier molecular flexibility index (Phi) is 11.3. The fourth-order valence-electron chi connectivity index (χ4n) is 11.7. The van der Waals surface area contributed by atoms with E-state index in [0.29, 0.717) is 18.4 Å². The molecule has 0 radical (unpaired) electrons. The standard InChI is InChI=1S/C40H60O17/c1-17-12-26(56-33(49)18(17)2)38(5,50)40(52)11-10-39(51)22-7-6-19-13-20(14-25(43)37(19,4)21(22)8-9-36(39,40)3)53-34-31(48)29(46)32(24(16-42)55-34)57-35-30(47)28(45)27(44)23(15-41)54-35/h6,20-24,26-32,34-35,41-42,44-48,50-52H,7-16H2,1-5H3/t20?,21?,22-,23-,24-,26?,27-,28+,29-,30-,31-,32-,34-,35+,36+,37+,38+,39-,40+/m1/s1. The maximum atomic E-state index is 14.3. The average Bonchev–Trinajstić information content (AvgIpc) is 3.40. The van der Waals surface area contributed by atoms with E-state index in [2.05, 4.69) is 0 Å². The van der Waals surface area contributed by atoms with Crippen LogP contribution in [0.4, 0.5) is 0 Å². The summed E-state index contributed by atoms with van der Waals surface area (Å²) in [5.74, 6) is -1.47. The van der Waals surface area contributed by atoms with E-state index in [1.54, 1.807) is 20.8 Å². The van der Waals surface area contributed by atoms with E-state index >= 15 is 0 Å². The summed E-state index contributed by atoms with van der Waals surface area (Å²) in [6.45, 7) is 7.14. The number of hydrogen-bond acceptors (Lipinski definition) is 17. The predicted octanol–water partition coefficient (Wildman–Crippen LogP) is -1.61. The van der Waals surface area contributed by atoms with Crippen molar-refractivity contribution in [3.8, 4) is 0 Å². The summed E-state index contributed by atoms with van der Waals surface area (Å²) in [5.41, 5.74) is -5.39. The average molecular weight is 813 g/mol. The second-order valence-corrected chi connectivity index (χ2v) is 18.3. The Bertz CT molecular complexity index is 1640. The Morgan fingerprint density at radius 3 is 2.09 bits per heavy atom. The molecule has 3 unspecified atom stereocenters. The van der Waals surface area contributed by atoms with Gasteiger partial charge in [-0.3, -0.25) is 4.79 Å². The van der Waals surface area contributed by atoms with Crippen LogP contribution >= 0.6 is 0 Å². The molecule has 3 aliphatic heterocycles. The maximum absolute atomic E-state index is 14.3. The molecule has 2 saturated heterocycles. The number of ketones is 1. The highest BCUT2D eigenvalue weighted by atomic mass is 16.7. The monoisotopic (exact) mass is 812 g/mol. The van der Waals surface area contributed by atoms with Gasteiger partial charge in [0.1, 0.15) is 71.9 Å². The summed E-state index contributed by atoms with van der Waals surface area (Å²) >= 11 is 0. The number of ether oxygens (including phenoxy) is 5. The molecule has 0 aromatic carbocycles. The van der Waals surface area contributed by atoms with Crippen molar-refractivity contribution in [2.45, 2.75) is 176 Å². The predicted molar refractivity (Wildman–Crippen MR) is 193 cm³/mol. The zero-order valence-electron chi connectivity index (χ0n) is 33.1. The van der Waals surface area contributed by atoms with Crippen LogP contribution in [0.25, 0.3) is 0 Å². The van der Waals surface area contributed by atoms with Crippen LogP contribution in [0.3, 0.4) is 0 Å². The molecule has 0 amide bonds. The van der Waals surface area contributed by atoms with Crippen LogP contribution in [0, 0.1) is 22.7 Å². The van der Waals surface area contributed by atoms with Gasteiger partial charge in [0, 0.05) is 23.8 Å². The number of allylic oxidation sites excluding steroid dienone is 1. The molecule has 0 spiro atoms. The quantitative estimate of drug-likeness (QED) is 0.0975. The van der Waals surface area contributed by atoms with E-state index in [9.17, 15) is 60.7 Å². The fourth-order valence-corrected chi connectivity index (χ4v) is 11.7. The van der Waals surface area contributed by atoms with Crippen LogP contribution in [0.1, 0.15) is 86.0 Å². The first-order chi connectivity index (χ1) is 26.6. The number of fused-ring (bicyclic) bond motifs is 5. The Morgan fingerprint density at radius 2 is 1.44 bits per heavy atom. The first kappa shape index (κ1) is 43.2. The number of carbonyl (C=O) groups is 2. The summed E-state index contributed by atoms with van der Waals surface area (Å²) in [6, 6.07) is 0. The van der Waals surface area contributed by atoms with Crippen molar-refractivity contribution in [3.05, 3.63) is 22.8 Å². The van der Waals surface area contributed by atoms with Gasteiger partial charge in [-0.2, -0.15) is 0 Å². The molecule has 17 nitrogen and oxygen atoms in total. The Hall–Kier alpha value is -1.94. The van der Waals surface area contributed by atoms with Crippen molar-refractivity contribution >= 4 is 11.8 Å². The minimum absolute atomic E-state index is 0.0575. The van der Waals surface area contributed by atoms with E-state index in [-0.39, 0.29) is 50.2 Å². The molecule has 3 heterocycles. The molecule has 0 aromatic rings. The minimum Gasteiger partial charge on any atom is -0.455 e. The summed E-state index contributed by atoms with van der Waals surface area (Å²) in [6.07, 6.45) is -14.3. The van der Waals surface area contributed by atoms with Crippen molar-refractivity contribution in [1.29, 1.82) is 0 Å². The van der Waals surface area contributed by atoms with Crippen LogP contribution < -0.4 is 0 Å². The number of carbonyl (C=O) groups excluding carboxylic acids is 2. The highest BCUT2D eigenvalue weighted by molar-refractivity contribution is 5.90. The summed E-state index contributed by atoms with van der Waals surface area (Å²) in [4.78, 5) is 27.0. The van der Waals surface area contributed by atoms with Crippen LogP contribution in [-0.2, 0) is 33.3 Å². The van der Waals surface area contributed by atoms with E-state index < -0.39 is 126 Å². The lowest BCUT2D eigenvalue weighted by molar-refractivity contribution is -0.362. The molecular weight excluding hydrogens is 752 g/mol. The summed E-state index contributed by atoms with van der Waals surface area (Å²) in [7, 11) is 0. The lowest BCUT2D eigenvalue weighted by atomic mass is 9.44. The van der Waals surface area contributed by atoms with Gasteiger partial charge in [-0.25, -0.2) is 4.79 Å². The summed E-state index contributed by atoms with van der Waals surface area (Å²) in [5, 5.41) is 110. The second-order valence-electron chi connectivity index (χ2n) is 18.3. The highest BCUT2D eigenvalue weighted by Gasteiger charge is 2.76. The molecule has 322 valence electrons. The first-order valence-corrected chi connectivity index (χ1v) is 20.1. The summed E-state index contributed by atoms with van der Waals surface area (Å²) < 4.78 is 28.6. The molecule has 3 saturated carbocycles. The molecule has 7 rings (SSSR count). The van der Waals surface area contributed by atoms with Crippen molar-refractivity contribution in [2.75, 3.05) is 13.2 Å². The second kappa shape index (κ2) is 14.9. The number of cyclic esters (lactones) is 1. The lowest BCUT2D eigenvalue weighted by Gasteiger charge is -2.63. The Labute approximate surface area is 330 Å². The zero-order chi connectivity index (χ0) is 41.8. The van der Waals surface area contributed by atoms with Gasteiger partial charge in [-0.15, -0.1) is 0 Å². The van der Waals surface area contributed by atoms with Gasteiger partial charge >= 0.3 is 5.97 Å². The van der Waals surface area contributed by atoms with Crippen LogP contribution in [0.2, 0.25) is 0 Å². The smallest absolute Gasteiger partial charge is 0.334 e. The van der Waals surface area contributed by atoms with Crippen molar-refractivity contribution in [3.63, 3.8) is 0 Å². The number of esters is 1. The van der Waals surface area contributed by atoms with E-state index in [4.69, 9.17) is 23.7 Å². The number of rotatable bonds is 8. The highest BCUT2D eigenvalue weighted by Crippen LogP contribution is 2.70. The van der Waals surface area contributed by atoms with Gasteiger partial charge in [0.15, 0.2) is 12.6 Å². The SMILES string of the molecule is CC1=C(C)C(=O)OC([C@](C)(O)[C@]2(O)CC[C@@]3(O)[C@@H]4CC=C5CC(O[C@@H]6O[C@H](CO)[C@@H](O[C@@H]7O[C@H](CO)[C@@H](O)[C@H](O)[C@H]7O)[C@H](O)[C@H]6O)CC(=O)[C@]5(C)C4CC[C@]23C)C1. The van der Waals surface area contributed by atoms with Gasteiger partial charge < -0.3 is 74.7 Å². The molecule has 0 aromatic heterocycles. The van der Waals surface area contributed by atoms with Crippen molar-refractivity contribution < 1.29 is 84.3 Å². The largest absolute Gasteiger partial charge is 0.455 e. The van der Waals surface area contributed by atoms with Crippen LogP contribution in [0.5, 0.6) is 0 Å². The Morgan fingerprint density at radius 1 is 0.807 bits per heavy atom. The number of aliphatic hydroxyl groups excluding tert-OH is 7. The molecule has 57 heavy (non-hydrogen) atoms. The van der Waals surface area contributed by atoms with E-state index in [1.165, 1.54) is 6.92 Å². The number of aliphatic hydroxyl groups is 10. The zero-order valence-corrected chi connectivity index (χ0v) is 33.1. The van der Waals surface area contributed by atoms with Gasteiger partial charge in [0.2, 0.25) is 0 Å². The van der Waals surface area contributed by atoms with Gasteiger partial charge in [0.05, 0.1) is 30.3 Å². The van der Waals surface area contributed by atoms with E-state index in [1.807, 2.05) is 13.0 Å². The Balaban J connectivity index is 1.06. The molecule has 4 aliphatic carbocycles. The van der Waals surface area contributed by atoms with Crippen molar-refractivity contribution in [1.82, 2.24) is 0 Å². The topological polar surface area (TPSA) is 283 Å².